The smallest absolute Gasteiger partial charge is 0.302 e. The van der Waals surface area contributed by atoms with Crippen LogP contribution in [0.1, 0.15) is 33.1 Å². The predicted molar refractivity (Wildman–Crippen MR) is 51.9 cm³/mol. The van der Waals surface area contributed by atoms with E-state index in [1.54, 1.807) is 0 Å². The fourth-order valence-electron chi connectivity index (χ4n) is 2.93. The van der Waals surface area contributed by atoms with Crippen molar-refractivity contribution in [2.45, 2.75) is 45.3 Å². The summed E-state index contributed by atoms with van der Waals surface area (Å²) in [6.45, 7) is 2.85. The Morgan fingerprint density at radius 2 is 1.73 bits per heavy atom. The Kier molecular flexibility index (Phi) is 2.67. The second-order valence-corrected chi connectivity index (χ2v) is 4.46. The highest BCUT2D eigenvalue weighted by Gasteiger charge is 2.51. The van der Waals surface area contributed by atoms with E-state index in [9.17, 15) is 9.59 Å². The van der Waals surface area contributed by atoms with Gasteiger partial charge in [0.05, 0.1) is 0 Å². The Balaban J connectivity index is 1.99. The highest BCUT2D eigenvalue weighted by atomic mass is 16.6. The largest absolute Gasteiger partial charge is 0.462 e. The van der Waals surface area contributed by atoms with Crippen LogP contribution in [-0.4, -0.2) is 24.1 Å². The van der Waals surface area contributed by atoms with E-state index in [2.05, 4.69) is 0 Å². The monoisotopic (exact) mass is 212 g/mol. The third-order valence-corrected chi connectivity index (χ3v) is 3.39. The van der Waals surface area contributed by atoms with Crippen LogP contribution in [0.4, 0.5) is 0 Å². The number of ether oxygens (including phenoxy) is 2. The second kappa shape index (κ2) is 3.83. The number of fused-ring (bicyclic) bond motifs is 2. The molecule has 2 aliphatic carbocycles. The van der Waals surface area contributed by atoms with Crippen molar-refractivity contribution in [2.75, 3.05) is 0 Å². The van der Waals surface area contributed by atoms with Crippen molar-refractivity contribution in [3.05, 3.63) is 0 Å². The first-order valence-corrected chi connectivity index (χ1v) is 5.42. The molecule has 0 radical (unpaired) electrons. The third kappa shape index (κ3) is 1.98. The van der Waals surface area contributed by atoms with Crippen molar-refractivity contribution in [2.24, 2.45) is 11.8 Å². The number of hydrogen-bond acceptors (Lipinski definition) is 4. The van der Waals surface area contributed by atoms with Gasteiger partial charge in [0.2, 0.25) is 0 Å². The van der Waals surface area contributed by atoms with Crippen LogP contribution in [0.25, 0.3) is 0 Å². The third-order valence-electron chi connectivity index (χ3n) is 3.39. The van der Waals surface area contributed by atoms with E-state index in [0.717, 1.165) is 19.3 Å². The molecule has 15 heavy (non-hydrogen) atoms. The molecule has 0 amide bonds. The van der Waals surface area contributed by atoms with Crippen molar-refractivity contribution in [1.82, 2.24) is 0 Å². The summed E-state index contributed by atoms with van der Waals surface area (Å²) in [6, 6.07) is 0. The molecule has 0 N–H and O–H groups in total. The van der Waals surface area contributed by atoms with Crippen LogP contribution in [-0.2, 0) is 19.1 Å². The number of carbonyl (C=O) groups is 2. The Hall–Kier alpha value is -1.06. The van der Waals surface area contributed by atoms with Crippen molar-refractivity contribution in [3.63, 3.8) is 0 Å². The van der Waals surface area contributed by atoms with E-state index in [0.29, 0.717) is 5.92 Å². The molecule has 0 aromatic rings. The molecule has 0 spiro atoms. The summed E-state index contributed by atoms with van der Waals surface area (Å²) in [4.78, 5) is 21.8. The molecule has 0 heterocycles. The van der Waals surface area contributed by atoms with E-state index in [4.69, 9.17) is 9.47 Å². The normalized spacial score (nSPS) is 37.7. The molecule has 2 bridgehead atoms. The zero-order valence-electron chi connectivity index (χ0n) is 9.06. The summed E-state index contributed by atoms with van der Waals surface area (Å²) in [5, 5.41) is 0. The van der Waals surface area contributed by atoms with Crippen LogP contribution < -0.4 is 0 Å². The van der Waals surface area contributed by atoms with E-state index in [1.165, 1.54) is 13.8 Å². The molecular weight excluding hydrogens is 196 g/mol. The molecule has 2 aliphatic rings. The van der Waals surface area contributed by atoms with E-state index in [1.807, 2.05) is 0 Å². The molecule has 0 saturated heterocycles. The maximum atomic E-state index is 10.9. The Morgan fingerprint density at radius 1 is 1.07 bits per heavy atom. The molecule has 0 aromatic carbocycles. The zero-order chi connectivity index (χ0) is 11.0. The van der Waals surface area contributed by atoms with E-state index >= 15 is 0 Å². The molecule has 4 heteroatoms. The summed E-state index contributed by atoms with van der Waals surface area (Å²) in [5.41, 5.74) is 0. The quantitative estimate of drug-likeness (QED) is 0.647. The van der Waals surface area contributed by atoms with Crippen LogP contribution in [0.2, 0.25) is 0 Å². The molecule has 0 aromatic heterocycles. The lowest BCUT2D eigenvalue weighted by Gasteiger charge is -2.21. The molecular formula is C11H16O4. The van der Waals surface area contributed by atoms with Gasteiger partial charge in [0.25, 0.3) is 0 Å². The van der Waals surface area contributed by atoms with Gasteiger partial charge in [-0.05, 0) is 25.2 Å². The first-order chi connectivity index (χ1) is 7.08. The lowest BCUT2D eigenvalue weighted by atomic mass is 9.98. The standard InChI is InChI=1S/C11H16O4/c1-6(12)14-10-5-8-3-4-9(10)11(8)15-7(2)13/h8-11H,3-5H2,1-2H3/t8-,9+,10+,11+/m1/s1. The highest BCUT2D eigenvalue weighted by Crippen LogP contribution is 2.47. The van der Waals surface area contributed by atoms with Crippen molar-refractivity contribution >= 4 is 11.9 Å². The Labute approximate surface area is 88.9 Å². The predicted octanol–water partition coefficient (Wildman–Crippen LogP) is 1.28. The second-order valence-electron chi connectivity index (χ2n) is 4.46. The maximum absolute atomic E-state index is 10.9. The fourth-order valence-corrected chi connectivity index (χ4v) is 2.93. The highest BCUT2D eigenvalue weighted by molar-refractivity contribution is 5.67. The summed E-state index contributed by atoms with van der Waals surface area (Å²) < 4.78 is 10.5. The van der Waals surface area contributed by atoms with Crippen molar-refractivity contribution in [3.8, 4) is 0 Å². The average Bonchev–Trinajstić information content (AvgIpc) is 2.60. The minimum Gasteiger partial charge on any atom is -0.462 e. The first kappa shape index (κ1) is 10.5. The van der Waals surface area contributed by atoms with Crippen molar-refractivity contribution < 1.29 is 19.1 Å². The number of rotatable bonds is 2. The lowest BCUT2D eigenvalue weighted by molar-refractivity contribution is -0.152. The summed E-state index contributed by atoms with van der Waals surface area (Å²) in [6.07, 6.45) is 2.88. The molecule has 2 saturated carbocycles. The van der Waals surface area contributed by atoms with Gasteiger partial charge in [-0.1, -0.05) is 0 Å². The minimum atomic E-state index is -0.242. The van der Waals surface area contributed by atoms with Gasteiger partial charge in [-0.3, -0.25) is 9.59 Å². The number of esters is 2. The molecule has 4 nitrogen and oxygen atoms in total. The number of hydrogen-bond donors (Lipinski definition) is 0. The van der Waals surface area contributed by atoms with Crippen LogP contribution in [0, 0.1) is 11.8 Å². The molecule has 4 atom stereocenters. The molecule has 0 aliphatic heterocycles. The van der Waals surface area contributed by atoms with E-state index in [-0.39, 0.29) is 30.1 Å². The van der Waals surface area contributed by atoms with Gasteiger partial charge in [0.1, 0.15) is 12.2 Å². The fraction of sp³-hybridized carbons (Fsp3) is 0.818. The van der Waals surface area contributed by atoms with Gasteiger partial charge in [-0.25, -0.2) is 0 Å². The van der Waals surface area contributed by atoms with Gasteiger partial charge in [-0.15, -0.1) is 0 Å². The van der Waals surface area contributed by atoms with Gasteiger partial charge in [0, 0.05) is 19.8 Å². The SMILES string of the molecule is CC(=O)O[C@H]1[C@@H]2CC[C@H]1[C@@H](OC(C)=O)C2. The molecule has 84 valence electrons. The summed E-state index contributed by atoms with van der Waals surface area (Å²) in [5.74, 6) is 0.139. The van der Waals surface area contributed by atoms with Gasteiger partial charge < -0.3 is 9.47 Å². The summed E-state index contributed by atoms with van der Waals surface area (Å²) >= 11 is 0. The topological polar surface area (TPSA) is 52.6 Å². The van der Waals surface area contributed by atoms with Crippen LogP contribution in [0.3, 0.4) is 0 Å². The van der Waals surface area contributed by atoms with Crippen LogP contribution in [0.15, 0.2) is 0 Å². The summed E-state index contributed by atoms with van der Waals surface area (Å²) in [7, 11) is 0. The van der Waals surface area contributed by atoms with Gasteiger partial charge in [-0.2, -0.15) is 0 Å². The first-order valence-electron chi connectivity index (χ1n) is 5.42. The van der Waals surface area contributed by atoms with Gasteiger partial charge >= 0.3 is 11.9 Å². The number of carbonyl (C=O) groups excluding carboxylic acids is 2. The minimum absolute atomic E-state index is 0.0214. The molecule has 0 unspecified atom stereocenters. The lowest BCUT2D eigenvalue weighted by Crippen LogP contribution is -2.27. The van der Waals surface area contributed by atoms with Crippen LogP contribution in [0.5, 0.6) is 0 Å². The Bertz CT molecular complexity index is 286. The average molecular weight is 212 g/mol. The Morgan fingerprint density at radius 3 is 2.33 bits per heavy atom. The molecule has 2 rings (SSSR count). The maximum Gasteiger partial charge on any atom is 0.302 e. The van der Waals surface area contributed by atoms with Crippen LogP contribution >= 0.6 is 0 Å². The zero-order valence-corrected chi connectivity index (χ0v) is 9.06. The van der Waals surface area contributed by atoms with Gasteiger partial charge in [0.15, 0.2) is 0 Å². The molecule has 2 fully saturated rings. The van der Waals surface area contributed by atoms with Crippen molar-refractivity contribution in [1.29, 1.82) is 0 Å². The van der Waals surface area contributed by atoms with E-state index < -0.39 is 0 Å².